The van der Waals surface area contributed by atoms with Gasteiger partial charge in [-0.1, -0.05) is 53.7 Å². The smallest absolute Gasteiger partial charge is 0.434 e. The zero-order valence-electron chi connectivity index (χ0n) is 20.2. The zero-order chi connectivity index (χ0) is 23.7. The predicted molar refractivity (Wildman–Crippen MR) is 126 cm³/mol. The second-order valence-corrected chi connectivity index (χ2v) is 8.72. The Hall–Kier alpha value is -2.76. The number of hydrogen-bond acceptors (Lipinski definition) is 6. The van der Waals surface area contributed by atoms with Gasteiger partial charge in [-0.15, -0.1) is 0 Å². The summed E-state index contributed by atoms with van der Waals surface area (Å²) in [6.45, 7) is 12.9. The van der Waals surface area contributed by atoms with Crippen LogP contribution in [0.1, 0.15) is 65.5 Å². The third-order valence-corrected chi connectivity index (χ3v) is 5.19. The molecule has 6 heteroatoms. The van der Waals surface area contributed by atoms with Crippen molar-refractivity contribution in [2.75, 3.05) is 13.2 Å². The molecular weight excluding hydrogens is 408 g/mol. The van der Waals surface area contributed by atoms with Gasteiger partial charge in [0, 0.05) is 10.8 Å². The fraction of sp³-hybridized carbons (Fsp3) is 0.538. The second kappa shape index (κ2) is 12.3. The van der Waals surface area contributed by atoms with Crippen LogP contribution in [-0.4, -0.2) is 25.5 Å². The van der Waals surface area contributed by atoms with Gasteiger partial charge in [0.05, 0.1) is 13.2 Å². The molecule has 2 rings (SSSR count). The number of ether oxygens (including phenoxy) is 4. The summed E-state index contributed by atoms with van der Waals surface area (Å²) in [5, 5.41) is 1.37. The molecule has 0 spiro atoms. The average molecular weight is 445 g/mol. The lowest BCUT2D eigenvalue weighted by Gasteiger charge is -2.16. The van der Waals surface area contributed by atoms with Crippen molar-refractivity contribution in [1.82, 2.24) is 0 Å². The third kappa shape index (κ3) is 7.43. The van der Waals surface area contributed by atoms with Gasteiger partial charge in [0.2, 0.25) is 0 Å². The number of carbonyl (C=O) groups is 2. The molecule has 0 aliphatic heterocycles. The highest BCUT2D eigenvalue weighted by molar-refractivity contribution is 5.97. The van der Waals surface area contributed by atoms with Gasteiger partial charge in [0.15, 0.2) is 0 Å². The first kappa shape index (κ1) is 25.5. The molecule has 0 bridgehead atoms. The van der Waals surface area contributed by atoms with E-state index in [0.29, 0.717) is 53.7 Å². The molecule has 0 N–H and O–H groups in total. The molecule has 2 aromatic rings. The highest BCUT2D eigenvalue weighted by Gasteiger charge is 2.20. The molecular formula is C26H36O6. The van der Waals surface area contributed by atoms with E-state index in [2.05, 4.69) is 34.6 Å². The molecule has 0 amide bonds. The van der Waals surface area contributed by atoms with Crippen LogP contribution in [0.15, 0.2) is 24.3 Å². The van der Waals surface area contributed by atoms with E-state index in [0.717, 1.165) is 30.4 Å². The zero-order valence-corrected chi connectivity index (χ0v) is 20.2. The van der Waals surface area contributed by atoms with Crippen molar-refractivity contribution in [3.8, 4) is 11.5 Å². The number of aryl methyl sites for hydroxylation is 2. The highest BCUT2D eigenvalue weighted by atomic mass is 16.7. The van der Waals surface area contributed by atoms with Crippen LogP contribution in [0.3, 0.4) is 0 Å². The fourth-order valence-electron chi connectivity index (χ4n) is 3.14. The maximum absolute atomic E-state index is 12.3. The van der Waals surface area contributed by atoms with E-state index in [1.807, 2.05) is 25.1 Å². The maximum atomic E-state index is 12.3. The lowest BCUT2D eigenvalue weighted by Crippen LogP contribution is -2.15. The van der Waals surface area contributed by atoms with Gasteiger partial charge in [0.25, 0.3) is 0 Å². The standard InChI is InChI=1S/C26H36O6/c1-7-19-9-10-21-22(15-19)24(32-26(28)30-14-12-18(5)6)20(8-2)16-23(21)31-25(27)29-13-11-17(3)4/h9-10,15-18H,7-8,11-14H2,1-6H3. The van der Waals surface area contributed by atoms with Gasteiger partial charge in [-0.25, -0.2) is 9.59 Å². The summed E-state index contributed by atoms with van der Waals surface area (Å²) in [4.78, 5) is 24.6. The monoisotopic (exact) mass is 444 g/mol. The molecule has 0 saturated carbocycles. The Morgan fingerprint density at radius 2 is 1.38 bits per heavy atom. The lowest BCUT2D eigenvalue weighted by atomic mass is 9.99. The Kier molecular flexibility index (Phi) is 9.82. The molecule has 0 saturated heterocycles. The molecule has 176 valence electrons. The molecule has 32 heavy (non-hydrogen) atoms. The Labute approximate surface area is 191 Å². The predicted octanol–water partition coefficient (Wildman–Crippen LogP) is 7.09. The molecule has 0 radical (unpaired) electrons. The summed E-state index contributed by atoms with van der Waals surface area (Å²) in [7, 11) is 0. The molecule has 2 aromatic carbocycles. The first-order chi connectivity index (χ1) is 15.2. The lowest BCUT2D eigenvalue weighted by molar-refractivity contribution is 0.0931. The summed E-state index contributed by atoms with van der Waals surface area (Å²) in [6.07, 6.45) is 1.46. The summed E-state index contributed by atoms with van der Waals surface area (Å²) in [5.74, 6) is 1.68. The Morgan fingerprint density at radius 3 is 1.91 bits per heavy atom. The van der Waals surface area contributed by atoms with Crippen LogP contribution in [-0.2, 0) is 22.3 Å². The van der Waals surface area contributed by atoms with Gasteiger partial charge in [-0.2, -0.15) is 0 Å². The molecule has 0 aliphatic rings. The minimum Gasteiger partial charge on any atom is -0.434 e. The third-order valence-electron chi connectivity index (χ3n) is 5.19. The normalized spacial score (nSPS) is 11.1. The van der Waals surface area contributed by atoms with Crippen LogP contribution in [0.4, 0.5) is 9.59 Å². The largest absolute Gasteiger partial charge is 0.513 e. The summed E-state index contributed by atoms with van der Waals surface area (Å²) in [5.41, 5.74) is 1.82. The van der Waals surface area contributed by atoms with E-state index in [1.165, 1.54) is 0 Å². The van der Waals surface area contributed by atoms with Crippen LogP contribution in [0.25, 0.3) is 10.8 Å². The van der Waals surface area contributed by atoms with Crippen molar-refractivity contribution in [2.24, 2.45) is 11.8 Å². The first-order valence-corrected chi connectivity index (χ1v) is 11.5. The van der Waals surface area contributed by atoms with Gasteiger partial charge < -0.3 is 18.9 Å². The van der Waals surface area contributed by atoms with E-state index in [-0.39, 0.29) is 0 Å². The molecule has 0 unspecified atom stereocenters. The fourth-order valence-corrected chi connectivity index (χ4v) is 3.14. The molecule has 0 aromatic heterocycles. The van der Waals surface area contributed by atoms with Crippen LogP contribution in [0.5, 0.6) is 11.5 Å². The van der Waals surface area contributed by atoms with Crippen molar-refractivity contribution >= 4 is 23.1 Å². The van der Waals surface area contributed by atoms with Gasteiger partial charge in [-0.05, 0) is 60.8 Å². The van der Waals surface area contributed by atoms with Crippen LogP contribution >= 0.6 is 0 Å². The van der Waals surface area contributed by atoms with Gasteiger partial charge >= 0.3 is 12.3 Å². The number of hydrogen-bond donors (Lipinski definition) is 0. The molecule has 0 fully saturated rings. The number of rotatable bonds is 10. The number of carbonyl (C=O) groups excluding carboxylic acids is 2. The van der Waals surface area contributed by atoms with Crippen LogP contribution in [0, 0.1) is 11.8 Å². The van der Waals surface area contributed by atoms with Crippen molar-refractivity contribution in [3.05, 3.63) is 35.4 Å². The highest BCUT2D eigenvalue weighted by Crippen LogP contribution is 2.38. The molecule has 6 nitrogen and oxygen atoms in total. The summed E-state index contributed by atoms with van der Waals surface area (Å²) in [6, 6.07) is 7.54. The Balaban J connectivity index is 2.35. The molecule has 0 heterocycles. The number of benzene rings is 2. The SMILES string of the molecule is CCc1ccc2c(OC(=O)OCCC(C)C)cc(CC)c(OC(=O)OCCC(C)C)c2c1. The van der Waals surface area contributed by atoms with E-state index in [9.17, 15) is 9.59 Å². The topological polar surface area (TPSA) is 71.1 Å². The number of fused-ring (bicyclic) bond motifs is 1. The van der Waals surface area contributed by atoms with Crippen molar-refractivity contribution in [2.45, 2.75) is 67.2 Å². The van der Waals surface area contributed by atoms with Crippen molar-refractivity contribution in [1.29, 1.82) is 0 Å². The Bertz CT molecular complexity index is 916. The van der Waals surface area contributed by atoms with Gasteiger partial charge in [-0.3, -0.25) is 0 Å². The van der Waals surface area contributed by atoms with E-state index in [4.69, 9.17) is 18.9 Å². The van der Waals surface area contributed by atoms with Crippen LogP contribution < -0.4 is 9.47 Å². The van der Waals surface area contributed by atoms with E-state index >= 15 is 0 Å². The van der Waals surface area contributed by atoms with Crippen LogP contribution in [0.2, 0.25) is 0 Å². The summed E-state index contributed by atoms with van der Waals surface area (Å²) >= 11 is 0. The van der Waals surface area contributed by atoms with Gasteiger partial charge in [0.1, 0.15) is 11.5 Å². The van der Waals surface area contributed by atoms with Crippen molar-refractivity contribution < 1.29 is 28.5 Å². The van der Waals surface area contributed by atoms with Crippen molar-refractivity contribution in [3.63, 3.8) is 0 Å². The van der Waals surface area contributed by atoms with E-state index < -0.39 is 12.3 Å². The second-order valence-electron chi connectivity index (χ2n) is 8.72. The van der Waals surface area contributed by atoms with E-state index in [1.54, 1.807) is 6.07 Å². The molecule has 0 atom stereocenters. The maximum Gasteiger partial charge on any atom is 0.513 e. The first-order valence-electron chi connectivity index (χ1n) is 11.5. The average Bonchev–Trinajstić information content (AvgIpc) is 2.74. The minimum absolute atomic E-state index is 0.304. The minimum atomic E-state index is -0.740. The quantitative estimate of drug-likeness (QED) is 0.288. The molecule has 0 aliphatic carbocycles. The summed E-state index contributed by atoms with van der Waals surface area (Å²) < 4.78 is 21.7. The Morgan fingerprint density at radius 1 is 0.781 bits per heavy atom.